The van der Waals surface area contributed by atoms with Crippen molar-refractivity contribution in [2.24, 2.45) is 0 Å². The van der Waals surface area contributed by atoms with Crippen molar-refractivity contribution in [3.63, 3.8) is 0 Å². The Morgan fingerprint density at radius 1 is 1.04 bits per heavy atom. The highest BCUT2D eigenvalue weighted by Gasteiger charge is 2.14. The average molecular weight is 327 g/mol. The van der Waals surface area contributed by atoms with E-state index in [1.165, 1.54) is 0 Å². The van der Waals surface area contributed by atoms with Crippen LogP contribution in [0.15, 0.2) is 65.8 Å². The average Bonchev–Trinajstić information content (AvgIpc) is 2.94. The summed E-state index contributed by atoms with van der Waals surface area (Å²) in [5.74, 6) is 0.837. The maximum Gasteiger partial charge on any atom is 0.261 e. The largest absolute Gasteiger partial charge is 0.304 e. The number of nitrogens with one attached hydrogen (secondary N) is 1. The van der Waals surface area contributed by atoms with Gasteiger partial charge in [0.25, 0.3) is 10.0 Å². The van der Waals surface area contributed by atoms with Gasteiger partial charge in [-0.15, -0.1) is 0 Å². The quantitative estimate of drug-likeness (QED) is 0.800. The van der Waals surface area contributed by atoms with Gasteiger partial charge in [-0.1, -0.05) is 23.8 Å². The number of aromatic nitrogens is 2. The van der Waals surface area contributed by atoms with Crippen LogP contribution < -0.4 is 4.72 Å². The van der Waals surface area contributed by atoms with E-state index in [0.29, 0.717) is 5.69 Å². The van der Waals surface area contributed by atoms with Gasteiger partial charge < -0.3 is 4.57 Å². The molecule has 0 fully saturated rings. The molecule has 5 nitrogen and oxygen atoms in total. The molecule has 0 atom stereocenters. The highest BCUT2D eigenvalue weighted by Crippen LogP contribution is 2.20. The van der Waals surface area contributed by atoms with Crippen LogP contribution in [0.1, 0.15) is 11.4 Å². The minimum atomic E-state index is -3.60. The Kier molecular flexibility index (Phi) is 3.92. The van der Waals surface area contributed by atoms with E-state index in [9.17, 15) is 8.42 Å². The number of nitrogens with zero attached hydrogens (tertiary/aromatic N) is 2. The van der Waals surface area contributed by atoms with Crippen molar-refractivity contribution in [2.75, 3.05) is 4.72 Å². The molecule has 0 saturated carbocycles. The van der Waals surface area contributed by atoms with Gasteiger partial charge in [-0.2, -0.15) is 0 Å². The van der Waals surface area contributed by atoms with Crippen LogP contribution in [0, 0.1) is 13.8 Å². The molecule has 1 heterocycles. The highest BCUT2D eigenvalue weighted by molar-refractivity contribution is 7.92. The first kappa shape index (κ1) is 15.3. The maximum atomic E-state index is 12.4. The van der Waals surface area contributed by atoms with E-state index < -0.39 is 10.0 Å². The lowest BCUT2D eigenvalue weighted by Crippen LogP contribution is -2.13. The van der Waals surface area contributed by atoms with E-state index in [4.69, 9.17) is 0 Å². The van der Waals surface area contributed by atoms with E-state index in [2.05, 4.69) is 9.71 Å². The molecule has 0 saturated heterocycles. The Bertz CT molecular complexity index is 928. The predicted molar refractivity (Wildman–Crippen MR) is 90.3 cm³/mol. The third-order valence-corrected chi connectivity index (χ3v) is 4.93. The van der Waals surface area contributed by atoms with Gasteiger partial charge in [0.1, 0.15) is 5.82 Å². The number of hydrogen-bond acceptors (Lipinski definition) is 3. The molecule has 0 spiro atoms. The second-order valence-electron chi connectivity index (χ2n) is 5.31. The summed E-state index contributed by atoms with van der Waals surface area (Å²) in [5, 5.41) is 0. The Labute approximate surface area is 135 Å². The standard InChI is InChI=1S/C17H17N3O2S/c1-13-6-8-17(9-7-13)23(21,22)19-15-4-3-5-16(12-15)20-11-10-18-14(20)2/h3-12,19H,1-2H3. The summed E-state index contributed by atoms with van der Waals surface area (Å²) < 4.78 is 29.4. The molecule has 0 unspecified atom stereocenters. The van der Waals surface area contributed by atoms with Crippen molar-refractivity contribution >= 4 is 15.7 Å². The fourth-order valence-corrected chi connectivity index (χ4v) is 3.35. The fourth-order valence-electron chi connectivity index (χ4n) is 2.30. The number of rotatable bonds is 4. The number of benzene rings is 2. The summed E-state index contributed by atoms with van der Waals surface area (Å²) in [6, 6.07) is 14.0. The minimum Gasteiger partial charge on any atom is -0.304 e. The zero-order valence-electron chi connectivity index (χ0n) is 12.9. The lowest BCUT2D eigenvalue weighted by Gasteiger charge is -2.11. The molecule has 0 amide bonds. The molecule has 1 aromatic heterocycles. The number of anilines is 1. The molecular weight excluding hydrogens is 310 g/mol. The van der Waals surface area contributed by atoms with E-state index in [-0.39, 0.29) is 4.90 Å². The van der Waals surface area contributed by atoms with Gasteiger partial charge in [0.05, 0.1) is 10.6 Å². The number of hydrogen-bond donors (Lipinski definition) is 1. The molecule has 23 heavy (non-hydrogen) atoms. The van der Waals surface area contributed by atoms with E-state index in [1.54, 1.807) is 42.6 Å². The van der Waals surface area contributed by atoms with Crippen molar-refractivity contribution in [2.45, 2.75) is 18.7 Å². The van der Waals surface area contributed by atoms with E-state index in [0.717, 1.165) is 17.1 Å². The second-order valence-corrected chi connectivity index (χ2v) is 7.00. The smallest absolute Gasteiger partial charge is 0.261 e. The summed E-state index contributed by atoms with van der Waals surface area (Å²) in [6.07, 6.45) is 3.54. The zero-order chi connectivity index (χ0) is 16.4. The van der Waals surface area contributed by atoms with Crippen LogP contribution in [0.5, 0.6) is 0 Å². The molecule has 2 aromatic carbocycles. The molecule has 3 rings (SSSR count). The molecule has 1 N–H and O–H groups in total. The first-order valence-corrected chi connectivity index (χ1v) is 8.64. The highest BCUT2D eigenvalue weighted by atomic mass is 32.2. The van der Waals surface area contributed by atoms with Crippen LogP contribution in [0.25, 0.3) is 5.69 Å². The van der Waals surface area contributed by atoms with Crippen molar-refractivity contribution in [3.8, 4) is 5.69 Å². The van der Waals surface area contributed by atoms with E-state index >= 15 is 0 Å². The monoisotopic (exact) mass is 327 g/mol. The SMILES string of the molecule is Cc1ccc(S(=O)(=O)Nc2cccc(-n3ccnc3C)c2)cc1. The van der Waals surface area contributed by atoms with Crippen LogP contribution >= 0.6 is 0 Å². The molecule has 118 valence electrons. The zero-order valence-corrected chi connectivity index (χ0v) is 13.7. The molecule has 6 heteroatoms. The van der Waals surface area contributed by atoms with Crippen LogP contribution in [-0.2, 0) is 10.0 Å². The molecule has 3 aromatic rings. The summed E-state index contributed by atoms with van der Waals surface area (Å²) in [6.45, 7) is 3.81. The summed E-state index contributed by atoms with van der Waals surface area (Å²) >= 11 is 0. The second kappa shape index (κ2) is 5.89. The topological polar surface area (TPSA) is 64.0 Å². The van der Waals surface area contributed by atoms with Crippen molar-refractivity contribution < 1.29 is 8.42 Å². The molecule has 0 bridgehead atoms. The van der Waals surface area contributed by atoms with Gasteiger partial charge in [-0.05, 0) is 44.2 Å². The molecule has 0 radical (unpaired) electrons. The molecule has 0 aliphatic heterocycles. The summed E-state index contributed by atoms with van der Waals surface area (Å²) in [7, 11) is -3.60. The maximum absolute atomic E-state index is 12.4. The fraction of sp³-hybridized carbons (Fsp3) is 0.118. The first-order chi connectivity index (χ1) is 11.0. The van der Waals surface area contributed by atoms with Gasteiger partial charge in [-0.25, -0.2) is 13.4 Å². The van der Waals surface area contributed by atoms with Gasteiger partial charge in [0.15, 0.2) is 0 Å². The van der Waals surface area contributed by atoms with Crippen LogP contribution in [0.4, 0.5) is 5.69 Å². The summed E-state index contributed by atoms with van der Waals surface area (Å²) in [5.41, 5.74) is 2.38. The normalized spacial score (nSPS) is 11.4. The van der Waals surface area contributed by atoms with Gasteiger partial charge in [0, 0.05) is 18.1 Å². The van der Waals surface area contributed by atoms with Crippen molar-refractivity contribution in [1.82, 2.24) is 9.55 Å². The van der Waals surface area contributed by atoms with Crippen molar-refractivity contribution in [3.05, 3.63) is 72.3 Å². The summed E-state index contributed by atoms with van der Waals surface area (Å²) in [4.78, 5) is 4.42. The molecular formula is C17H17N3O2S. The van der Waals surface area contributed by atoms with Crippen LogP contribution in [0.3, 0.4) is 0 Å². The third kappa shape index (κ3) is 3.27. The molecule has 0 aliphatic carbocycles. The Balaban J connectivity index is 1.91. The predicted octanol–water partition coefficient (Wildman–Crippen LogP) is 3.29. The Morgan fingerprint density at radius 3 is 2.43 bits per heavy atom. The lowest BCUT2D eigenvalue weighted by atomic mass is 10.2. The Hall–Kier alpha value is -2.60. The number of aryl methyl sites for hydroxylation is 2. The Morgan fingerprint density at radius 2 is 1.78 bits per heavy atom. The lowest BCUT2D eigenvalue weighted by molar-refractivity contribution is 0.601. The van der Waals surface area contributed by atoms with Crippen LogP contribution in [0.2, 0.25) is 0 Å². The number of sulfonamides is 1. The minimum absolute atomic E-state index is 0.243. The van der Waals surface area contributed by atoms with Gasteiger partial charge in [-0.3, -0.25) is 4.72 Å². The molecule has 0 aliphatic rings. The van der Waals surface area contributed by atoms with Crippen LogP contribution in [-0.4, -0.2) is 18.0 Å². The third-order valence-electron chi connectivity index (χ3n) is 3.53. The first-order valence-electron chi connectivity index (χ1n) is 7.15. The van der Waals surface area contributed by atoms with Gasteiger partial charge in [0.2, 0.25) is 0 Å². The van der Waals surface area contributed by atoms with E-state index in [1.807, 2.05) is 36.7 Å². The number of imidazole rings is 1. The van der Waals surface area contributed by atoms with Gasteiger partial charge >= 0.3 is 0 Å². The van der Waals surface area contributed by atoms with Crippen molar-refractivity contribution in [1.29, 1.82) is 0 Å².